The van der Waals surface area contributed by atoms with E-state index in [1.54, 1.807) is 31.2 Å². The number of benzene rings is 2. The van der Waals surface area contributed by atoms with Gasteiger partial charge in [-0.25, -0.2) is 0 Å². The summed E-state index contributed by atoms with van der Waals surface area (Å²) in [6, 6.07) is 14.3. The largest absolute Gasteiger partial charge is 0.385 e. The van der Waals surface area contributed by atoms with Crippen LogP contribution in [0.15, 0.2) is 48.5 Å². The zero-order valence-corrected chi connectivity index (χ0v) is 14.8. The Hall–Kier alpha value is -2.30. The van der Waals surface area contributed by atoms with Crippen LogP contribution in [0.1, 0.15) is 59.0 Å². The Morgan fingerprint density at radius 2 is 1.36 bits per heavy atom. The lowest BCUT2D eigenvalue weighted by molar-refractivity contribution is 0.0488. The number of Topliss-reactive ketones (excluding diaryl/α,β-unsaturated/α-hetero) is 2. The van der Waals surface area contributed by atoms with E-state index in [9.17, 15) is 19.8 Å². The summed E-state index contributed by atoms with van der Waals surface area (Å²) in [5.41, 5.74) is 1.66. The molecule has 1 atom stereocenters. The molecule has 0 spiro atoms. The molecule has 0 fully saturated rings. The molecule has 132 valence electrons. The second-order valence-corrected chi connectivity index (χ2v) is 6.75. The highest BCUT2D eigenvalue weighted by molar-refractivity contribution is 6.01. The lowest BCUT2D eigenvalue weighted by atomic mass is 9.95. The average Bonchev–Trinajstić information content (AvgIpc) is 2.60. The van der Waals surface area contributed by atoms with E-state index in [1.807, 2.05) is 24.3 Å². The number of hydrogen-bond donors (Lipinski definition) is 2. The Bertz CT molecular complexity index is 737. The smallest absolute Gasteiger partial charge is 0.193 e. The number of aliphatic hydroxyl groups is 2. The van der Waals surface area contributed by atoms with Crippen LogP contribution in [0.25, 0.3) is 0 Å². The number of carbonyl (C=O) groups is 2. The molecule has 0 aromatic heterocycles. The van der Waals surface area contributed by atoms with Gasteiger partial charge in [-0.1, -0.05) is 55.5 Å². The van der Waals surface area contributed by atoms with E-state index in [1.165, 1.54) is 13.8 Å². The minimum atomic E-state index is -1.38. The molecule has 2 aromatic carbocycles. The van der Waals surface area contributed by atoms with E-state index in [-0.39, 0.29) is 11.6 Å². The van der Waals surface area contributed by atoms with Crippen molar-refractivity contribution in [3.8, 4) is 0 Å². The van der Waals surface area contributed by atoms with Crippen molar-refractivity contribution in [1.82, 2.24) is 0 Å². The van der Waals surface area contributed by atoms with Crippen LogP contribution in [-0.2, 0) is 6.42 Å². The van der Waals surface area contributed by atoms with Crippen molar-refractivity contribution in [2.75, 3.05) is 0 Å². The number of ketones is 2. The summed E-state index contributed by atoms with van der Waals surface area (Å²) in [5.74, 6) is -0.570. The van der Waals surface area contributed by atoms with E-state index in [0.717, 1.165) is 11.1 Å². The van der Waals surface area contributed by atoms with Gasteiger partial charge in [-0.15, -0.1) is 0 Å². The van der Waals surface area contributed by atoms with Crippen LogP contribution in [0.3, 0.4) is 0 Å². The van der Waals surface area contributed by atoms with Crippen LogP contribution < -0.4 is 0 Å². The van der Waals surface area contributed by atoms with Crippen LogP contribution in [0.4, 0.5) is 0 Å². The van der Waals surface area contributed by atoms with Gasteiger partial charge in [0.05, 0.1) is 0 Å². The fourth-order valence-corrected chi connectivity index (χ4v) is 2.53. The molecule has 2 aromatic rings. The van der Waals surface area contributed by atoms with Gasteiger partial charge in [0, 0.05) is 11.1 Å². The molecule has 0 aliphatic rings. The van der Waals surface area contributed by atoms with Gasteiger partial charge in [-0.2, -0.15) is 0 Å². The zero-order valence-electron chi connectivity index (χ0n) is 14.8. The van der Waals surface area contributed by atoms with E-state index in [2.05, 4.69) is 0 Å². The summed E-state index contributed by atoms with van der Waals surface area (Å²) in [7, 11) is 0. The number of rotatable bonds is 7. The van der Waals surface area contributed by atoms with Gasteiger partial charge in [0.25, 0.3) is 0 Å². The predicted octanol–water partition coefficient (Wildman–Crippen LogP) is 3.18. The van der Waals surface area contributed by atoms with E-state index in [0.29, 0.717) is 24.0 Å². The molecule has 0 aliphatic carbocycles. The second kappa shape index (κ2) is 7.72. The molecule has 0 saturated heterocycles. The van der Waals surface area contributed by atoms with Crippen LogP contribution in [0.5, 0.6) is 0 Å². The fourth-order valence-electron chi connectivity index (χ4n) is 2.53. The van der Waals surface area contributed by atoms with E-state index in [4.69, 9.17) is 0 Å². The summed E-state index contributed by atoms with van der Waals surface area (Å²) in [4.78, 5) is 23.9. The molecule has 4 nitrogen and oxygen atoms in total. The molecule has 0 aliphatic heterocycles. The SMILES string of the molecule is CCC(O)C(=O)c1ccc(Cc2ccc(C(=O)C(C)(C)O)cc2)cc1. The third-order valence-corrected chi connectivity index (χ3v) is 4.11. The first-order valence-corrected chi connectivity index (χ1v) is 8.39. The maximum atomic E-state index is 12.0. The molecule has 2 N–H and O–H groups in total. The zero-order chi connectivity index (χ0) is 18.6. The second-order valence-electron chi connectivity index (χ2n) is 6.75. The van der Waals surface area contributed by atoms with Crippen molar-refractivity contribution in [3.05, 3.63) is 70.8 Å². The predicted molar refractivity (Wildman–Crippen MR) is 96.9 cm³/mol. The number of carbonyl (C=O) groups excluding carboxylic acids is 2. The molecule has 4 heteroatoms. The molecular formula is C21H24O4. The number of hydrogen-bond acceptors (Lipinski definition) is 4. The third kappa shape index (κ3) is 4.84. The van der Waals surface area contributed by atoms with Crippen molar-refractivity contribution in [3.63, 3.8) is 0 Å². The molecule has 0 amide bonds. The molecule has 0 radical (unpaired) electrons. The minimum Gasteiger partial charge on any atom is -0.385 e. The van der Waals surface area contributed by atoms with Gasteiger partial charge in [0.15, 0.2) is 11.6 Å². The van der Waals surface area contributed by atoms with Gasteiger partial charge in [0.1, 0.15) is 11.7 Å². The quantitative estimate of drug-likeness (QED) is 0.759. The number of aliphatic hydroxyl groups excluding tert-OH is 1. The van der Waals surface area contributed by atoms with Crippen molar-refractivity contribution in [1.29, 1.82) is 0 Å². The minimum absolute atomic E-state index is 0.261. The van der Waals surface area contributed by atoms with Crippen LogP contribution >= 0.6 is 0 Å². The molecule has 25 heavy (non-hydrogen) atoms. The molecule has 2 rings (SSSR count). The summed E-state index contributed by atoms with van der Waals surface area (Å²) in [6.45, 7) is 4.71. The standard InChI is InChI=1S/C21H24O4/c1-4-18(22)19(23)16-9-5-14(6-10-16)13-15-7-11-17(12-8-15)20(24)21(2,3)25/h5-12,18,22,25H,4,13H2,1-3H3. The molecule has 1 unspecified atom stereocenters. The normalized spacial score (nSPS) is 12.7. The van der Waals surface area contributed by atoms with Gasteiger partial charge >= 0.3 is 0 Å². The Labute approximate surface area is 148 Å². The maximum absolute atomic E-state index is 12.0. The Kier molecular flexibility index (Phi) is 5.88. The Morgan fingerprint density at radius 3 is 1.76 bits per heavy atom. The monoisotopic (exact) mass is 340 g/mol. The first kappa shape index (κ1) is 19.0. The van der Waals surface area contributed by atoms with Crippen LogP contribution in [0.2, 0.25) is 0 Å². The first-order chi connectivity index (χ1) is 11.7. The Balaban J connectivity index is 2.08. The molecular weight excluding hydrogens is 316 g/mol. The van der Waals surface area contributed by atoms with Gasteiger partial charge in [0.2, 0.25) is 0 Å². The Morgan fingerprint density at radius 1 is 0.920 bits per heavy atom. The molecule has 0 bridgehead atoms. The third-order valence-electron chi connectivity index (χ3n) is 4.11. The molecule has 0 heterocycles. The fraction of sp³-hybridized carbons (Fsp3) is 0.333. The van der Waals surface area contributed by atoms with Crippen molar-refractivity contribution in [2.24, 2.45) is 0 Å². The van der Waals surface area contributed by atoms with Gasteiger partial charge < -0.3 is 10.2 Å². The summed E-state index contributed by atoms with van der Waals surface area (Å²) in [6.07, 6.45) is 0.115. The topological polar surface area (TPSA) is 74.6 Å². The van der Waals surface area contributed by atoms with Gasteiger partial charge in [-0.3, -0.25) is 9.59 Å². The lowest BCUT2D eigenvalue weighted by Crippen LogP contribution is -2.31. The van der Waals surface area contributed by atoms with Gasteiger partial charge in [-0.05, 0) is 37.8 Å². The summed E-state index contributed by atoms with van der Waals surface area (Å²) < 4.78 is 0. The summed E-state index contributed by atoms with van der Waals surface area (Å²) >= 11 is 0. The van der Waals surface area contributed by atoms with Crippen LogP contribution in [-0.4, -0.2) is 33.5 Å². The lowest BCUT2D eigenvalue weighted by Gasteiger charge is -2.15. The van der Waals surface area contributed by atoms with E-state index < -0.39 is 11.7 Å². The molecule has 0 saturated carbocycles. The highest BCUT2D eigenvalue weighted by Gasteiger charge is 2.24. The van der Waals surface area contributed by atoms with E-state index >= 15 is 0 Å². The highest BCUT2D eigenvalue weighted by atomic mass is 16.3. The van der Waals surface area contributed by atoms with Crippen molar-refractivity contribution >= 4 is 11.6 Å². The average molecular weight is 340 g/mol. The van der Waals surface area contributed by atoms with Crippen LogP contribution in [0, 0.1) is 0 Å². The summed E-state index contributed by atoms with van der Waals surface area (Å²) in [5, 5.41) is 19.4. The highest BCUT2D eigenvalue weighted by Crippen LogP contribution is 2.16. The maximum Gasteiger partial charge on any atom is 0.193 e. The van der Waals surface area contributed by atoms with Crippen molar-refractivity contribution < 1.29 is 19.8 Å². The first-order valence-electron chi connectivity index (χ1n) is 8.39. The van der Waals surface area contributed by atoms with Crippen molar-refractivity contribution in [2.45, 2.75) is 45.3 Å².